The highest BCUT2D eigenvalue weighted by atomic mass is 16.1. The normalized spacial score (nSPS) is 10.7. The lowest BCUT2D eigenvalue weighted by atomic mass is 9.95. The Labute approximate surface area is 104 Å². The van der Waals surface area contributed by atoms with Gasteiger partial charge < -0.3 is 0 Å². The van der Waals surface area contributed by atoms with E-state index in [4.69, 9.17) is 0 Å². The fourth-order valence-corrected chi connectivity index (χ4v) is 2.38. The molecular formula is C16H10O2. The first-order chi connectivity index (χ1) is 8.85. The maximum absolute atomic E-state index is 11.3. The van der Waals surface area contributed by atoms with E-state index in [9.17, 15) is 9.59 Å². The van der Waals surface area contributed by atoms with Gasteiger partial charge in [-0.05, 0) is 27.6 Å². The topological polar surface area (TPSA) is 34.1 Å². The van der Waals surface area contributed by atoms with E-state index in [1.54, 1.807) is 12.1 Å². The van der Waals surface area contributed by atoms with E-state index in [1.165, 1.54) is 0 Å². The van der Waals surface area contributed by atoms with Crippen LogP contribution in [0.3, 0.4) is 0 Å². The van der Waals surface area contributed by atoms with Crippen LogP contribution in [0, 0.1) is 0 Å². The number of carbonyl (C=O) groups is 2. The van der Waals surface area contributed by atoms with Gasteiger partial charge in [0, 0.05) is 11.1 Å². The predicted molar refractivity (Wildman–Crippen MR) is 72.2 cm³/mol. The van der Waals surface area contributed by atoms with E-state index in [0.29, 0.717) is 11.1 Å². The highest BCUT2D eigenvalue weighted by molar-refractivity contribution is 6.15. The van der Waals surface area contributed by atoms with Crippen molar-refractivity contribution in [2.75, 3.05) is 0 Å². The van der Waals surface area contributed by atoms with E-state index in [1.807, 2.05) is 36.4 Å². The zero-order chi connectivity index (χ0) is 12.5. The van der Waals surface area contributed by atoms with Crippen LogP contribution in [0.5, 0.6) is 0 Å². The average molecular weight is 234 g/mol. The summed E-state index contributed by atoms with van der Waals surface area (Å²) < 4.78 is 0. The Bertz CT molecular complexity index is 772. The number of benzene rings is 3. The molecule has 86 valence electrons. The van der Waals surface area contributed by atoms with Crippen molar-refractivity contribution in [1.29, 1.82) is 0 Å². The third-order valence-corrected chi connectivity index (χ3v) is 3.23. The van der Waals surface area contributed by atoms with Gasteiger partial charge in [0.15, 0.2) is 12.6 Å². The summed E-state index contributed by atoms with van der Waals surface area (Å²) in [6.45, 7) is 0. The second kappa shape index (κ2) is 4.08. The molecule has 2 nitrogen and oxygen atoms in total. The number of hydrogen-bond donors (Lipinski definition) is 0. The highest BCUT2D eigenvalue weighted by Gasteiger charge is 2.08. The minimum atomic E-state index is 0.612. The zero-order valence-corrected chi connectivity index (χ0v) is 9.59. The van der Waals surface area contributed by atoms with Crippen molar-refractivity contribution < 1.29 is 9.59 Å². The predicted octanol–water partition coefficient (Wildman–Crippen LogP) is 3.62. The van der Waals surface area contributed by atoms with Crippen LogP contribution >= 0.6 is 0 Å². The van der Waals surface area contributed by atoms with Gasteiger partial charge in [-0.15, -0.1) is 0 Å². The summed E-state index contributed by atoms with van der Waals surface area (Å²) in [6, 6.07) is 15.1. The number of fused-ring (bicyclic) bond motifs is 2. The molecule has 0 amide bonds. The van der Waals surface area contributed by atoms with Crippen LogP contribution in [0.15, 0.2) is 48.5 Å². The van der Waals surface area contributed by atoms with Crippen LogP contribution in [-0.4, -0.2) is 12.6 Å². The highest BCUT2D eigenvalue weighted by Crippen LogP contribution is 2.28. The van der Waals surface area contributed by atoms with Crippen LogP contribution in [0.2, 0.25) is 0 Å². The molecule has 0 spiro atoms. The van der Waals surface area contributed by atoms with Crippen molar-refractivity contribution in [3.8, 4) is 0 Å². The quantitative estimate of drug-likeness (QED) is 0.501. The molecule has 0 N–H and O–H groups in total. The Kier molecular flexibility index (Phi) is 2.41. The monoisotopic (exact) mass is 234 g/mol. The Morgan fingerprint density at radius 3 is 2.28 bits per heavy atom. The van der Waals surface area contributed by atoms with E-state index < -0.39 is 0 Å². The number of hydrogen-bond acceptors (Lipinski definition) is 2. The molecule has 0 aliphatic carbocycles. The second-order valence-electron chi connectivity index (χ2n) is 4.19. The molecule has 18 heavy (non-hydrogen) atoms. The van der Waals surface area contributed by atoms with Gasteiger partial charge in [0.25, 0.3) is 0 Å². The van der Waals surface area contributed by atoms with Crippen LogP contribution in [-0.2, 0) is 0 Å². The fourth-order valence-electron chi connectivity index (χ4n) is 2.38. The summed E-state index contributed by atoms with van der Waals surface area (Å²) in [5.41, 5.74) is 1.26. The first-order valence-corrected chi connectivity index (χ1v) is 5.70. The lowest BCUT2D eigenvalue weighted by molar-refractivity contribution is 0.111. The molecule has 0 aliphatic heterocycles. The lowest BCUT2D eigenvalue weighted by Crippen LogP contribution is -1.90. The molecule has 3 rings (SSSR count). The molecule has 0 bridgehead atoms. The van der Waals surface area contributed by atoms with Crippen LogP contribution in [0.25, 0.3) is 21.5 Å². The summed E-state index contributed by atoms with van der Waals surface area (Å²) in [4.78, 5) is 22.4. The first-order valence-electron chi connectivity index (χ1n) is 5.70. The Morgan fingerprint density at radius 1 is 0.722 bits per heavy atom. The molecule has 0 fully saturated rings. The van der Waals surface area contributed by atoms with Gasteiger partial charge >= 0.3 is 0 Å². The van der Waals surface area contributed by atoms with Crippen LogP contribution in [0.1, 0.15) is 20.7 Å². The van der Waals surface area contributed by atoms with Crippen LogP contribution < -0.4 is 0 Å². The standard InChI is InChI=1S/C16H10O2/c17-9-12-5-3-7-14-15(12)8-11-4-1-2-6-13(11)16(14)10-18/h1-10H. The maximum Gasteiger partial charge on any atom is 0.151 e. The molecule has 0 atom stereocenters. The van der Waals surface area contributed by atoms with Crippen molar-refractivity contribution in [2.24, 2.45) is 0 Å². The van der Waals surface area contributed by atoms with E-state index in [-0.39, 0.29) is 0 Å². The summed E-state index contributed by atoms with van der Waals surface area (Å²) in [6.07, 6.45) is 1.69. The second-order valence-corrected chi connectivity index (χ2v) is 4.19. The fraction of sp³-hybridized carbons (Fsp3) is 0. The van der Waals surface area contributed by atoms with Gasteiger partial charge in [-0.1, -0.05) is 42.5 Å². The summed E-state index contributed by atoms with van der Waals surface area (Å²) in [7, 11) is 0. The van der Waals surface area contributed by atoms with E-state index in [0.717, 1.165) is 34.1 Å². The molecule has 0 aliphatic rings. The van der Waals surface area contributed by atoms with Crippen molar-refractivity contribution in [3.63, 3.8) is 0 Å². The molecule has 3 aromatic carbocycles. The maximum atomic E-state index is 11.3. The Hall–Kier alpha value is -2.48. The van der Waals surface area contributed by atoms with E-state index >= 15 is 0 Å². The van der Waals surface area contributed by atoms with Crippen molar-refractivity contribution in [3.05, 3.63) is 59.7 Å². The molecule has 0 radical (unpaired) electrons. The van der Waals surface area contributed by atoms with Gasteiger partial charge in [0.2, 0.25) is 0 Å². The van der Waals surface area contributed by atoms with Gasteiger partial charge in [0.05, 0.1) is 0 Å². The van der Waals surface area contributed by atoms with Crippen molar-refractivity contribution in [1.82, 2.24) is 0 Å². The van der Waals surface area contributed by atoms with Gasteiger partial charge in [-0.2, -0.15) is 0 Å². The van der Waals surface area contributed by atoms with Gasteiger partial charge in [0.1, 0.15) is 0 Å². The zero-order valence-electron chi connectivity index (χ0n) is 9.59. The van der Waals surface area contributed by atoms with Gasteiger partial charge in [-0.25, -0.2) is 0 Å². The lowest BCUT2D eigenvalue weighted by Gasteiger charge is -2.08. The SMILES string of the molecule is O=Cc1cccc2c(C=O)c3ccccc3cc12. The summed E-state index contributed by atoms with van der Waals surface area (Å²) in [5, 5.41) is 3.55. The Balaban J connectivity index is 2.61. The van der Waals surface area contributed by atoms with E-state index in [2.05, 4.69) is 0 Å². The molecule has 0 aromatic heterocycles. The Morgan fingerprint density at radius 2 is 1.50 bits per heavy atom. The molecule has 0 heterocycles. The molecular weight excluding hydrogens is 224 g/mol. The molecule has 0 saturated carbocycles. The number of aldehydes is 2. The smallest absolute Gasteiger partial charge is 0.151 e. The van der Waals surface area contributed by atoms with Crippen LogP contribution in [0.4, 0.5) is 0 Å². The number of carbonyl (C=O) groups excluding carboxylic acids is 2. The van der Waals surface area contributed by atoms with Crippen molar-refractivity contribution in [2.45, 2.75) is 0 Å². The number of rotatable bonds is 2. The largest absolute Gasteiger partial charge is 0.298 e. The molecule has 3 aromatic rings. The summed E-state index contributed by atoms with van der Waals surface area (Å²) >= 11 is 0. The third-order valence-electron chi connectivity index (χ3n) is 3.23. The first kappa shape index (κ1) is 10.7. The molecule has 0 unspecified atom stereocenters. The minimum absolute atomic E-state index is 0.612. The average Bonchev–Trinajstić information content (AvgIpc) is 2.44. The third kappa shape index (κ3) is 1.43. The van der Waals surface area contributed by atoms with Crippen molar-refractivity contribution >= 4 is 34.1 Å². The minimum Gasteiger partial charge on any atom is -0.298 e. The summed E-state index contributed by atoms with van der Waals surface area (Å²) in [5.74, 6) is 0. The molecule has 2 heteroatoms. The molecule has 0 saturated heterocycles. The van der Waals surface area contributed by atoms with Gasteiger partial charge in [-0.3, -0.25) is 9.59 Å².